The van der Waals surface area contributed by atoms with E-state index in [9.17, 15) is 14.9 Å². The van der Waals surface area contributed by atoms with Crippen molar-refractivity contribution in [2.45, 2.75) is 13.0 Å². The number of halogens is 1. The van der Waals surface area contributed by atoms with Crippen molar-refractivity contribution in [2.75, 3.05) is 34.0 Å². The number of nitro groups is 1. The maximum absolute atomic E-state index is 12.4. The van der Waals surface area contributed by atoms with E-state index in [1.807, 2.05) is 0 Å². The highest BCUT2D eigenvalue weighted by Crippen LogP contribution is 2.36. The summed E-state index contributed by atoms with van der Waals surface area (Å²) in [6.07, 6.45) is 1.34. The summed E-state index contributed by atoms with van der Waals surface area (Å²) in [5, 5.41) is 15.9. The van der Waals surface area contributed by atoms with Crippen LogP contribution >= 0.6 is 15.9 Å². The molecule has 27 heavy (non-hydrogen) atoms. The molecule has 0 spiro atoms. The largest absolute Gasteiger partial charge is 0.462 e. The smallest absolute Gasteiger partial charge is 0.341 e. The number of carbonyl (C=O) groups excluding carboxylic acids is 1. The van der Waals surface area contributed by atoms with Gasteiger partial charge in [0.2, 0.25) is 0 Å². The molecule has 2 rings (SSSR count). The molecular formula is C17H20BrN3O6. The van der Waals surface area contributed by atoms with E-state index in [-0.39, 0.29) is 48.4 Å². The second-order valence-corrected chi connectivity index (χ2v) is 6.47. The first-order chi connectivity index (χ1) is 12.9. The van der Waals surface area contributed by atoms with Crippen LogP contribution in [0.4, 0.5) is 5.69 Å². The standard InChI is InChI=1S/C17H20BrN3O6/c1-4-27-17(22)14-8-19-20(12(9-25-2)10-26-3)16(14)13-6-5-11(18)7-15(13)21(23)24/h5-8,12H,4,9-10H2,1-3H3. The zero-order chi connectivity index (χ0) is 20.0. The Kier molecular flexibility index (Phi) is 7.45. The minimum atomic E-state index is -0.607. The molecule has 0 aliphatic carbocycles. The van der Waals surface area contributed by atoms with Crippen LogP contribution in [0.3, 0.4) is 0 Å². The molecule has 10 heteroatoms. The number of ether oxygens (including phenoxy) is 3. The molecule has 0 radical (unpaired) electrons. The zero-order valence-corrected chi connectivity index (χ0v) is 16.8. The fraction of sp³-hybridized carbons (Fsp3) is 0.412. The minimum Gasteiger partial charge on any atom is -0.462 e. The van der Waals surface area contributed by atoms with Crippen molar-refractivity contribution in [3.63, 3.8) is 0 Å². The lowest BCUT2D eigenvalue weighted by Gasteiger charge is -2.19. The van der Waals surface area contributed by atoms with Crippen molar-refractivity contribution in [2.24, 2.45) is 0 Å². The number of nitrogens with zero attached hydrogens (tertiary/aromatic N) is 3. The van der Waals surface area contributed by atoms with Crippen molar-refractivity contribution in [3.05, 3.63) is 44.5 Å². The van der Waals surface area contributed by atoms with Gasteiger partial charge in [-0.1, -0.05) is 15.9 Å². The number of hydrogen-bond donors (Lipinski definition) is 0. The van der Waals surface area contributed by atoms with Crippen LogP contribution in [0.15, 0.2) is 28.9 Å². The predicted molar refractivity (Wildman–Crippen MR) is 101 cm³/mol. The Bertz CT molecular complexity index is 817. The first kappa shape index (κ1) is 21.0. The van der Waals surface area contributed by atoms with E-state index in [1.54, 1.807) is 19.1 Å². The quantitative estimate of drug-likeness (QED) is 0.334. The Morgan fingerprint density at radius 2 is 2.00 bits per heavy atom. The Hall–Kier alpha value is -2.30. The molecule has 9 nitrogen and oxygen atoms in total. The summed E-state index contributed by atoms with van der Waals surface area (Å²) < 4.78 is 17.6. The van der Waals surface area contributed by atoms with Gasteiger partial charge in [-0.25, -0.2) is 4.79 Å². The molecule has 0 saturated carbocycles. The first-order valence-electron chi connectivity index (χ1n) is 8.11. The van der Waals surface area contributed by atoms with Gasteiger partial charge >= 0.3 is 5.97 Å². The third-order valence-corrected chi connectivity index (χ3v) is 4.26. The summed E-state index contributed by atoms with van der Waals surface area (Å²) in [6.45, 7) is 2.35. The summed E-state index contributed by atoms with van der Waals surface area (Å²) in [5.74, 6) is -0.607. The molecule has 0 N–H and O–H groups in total. The fourth-order valence-electron chi connectivity index (χ4n) is 2.70. The van der Waals surface area contributed by atoms with Crippen LogP contribution in [0.2, 0.25) is 0 Å². The molecule has 1 aromatic carbocycles. The second-order valence-electron chi connectivity index (χ2n) is 5.55. The van der Waals surface area contributed by atoms with Crippen LogP contribution in [-0.2, 0) is 14.2 Å². The molecular weight excluding hydrogens is 422 g/mol. The number of esters is 1. The van der Waals surface area contributed by atoms with Gasteiger partial charge in [0.25, 0.3) is 5.69 Å². The molecule has 0 fully saturated rings. The van der Waals surface area contributed by atoms with Crippen LogP contribution in [-0.4, -0.2) is 54.7 Å². The molecule has 0 bridgehead atoms. The number of benzene rings is 1. The lowest BCUT2D eigenvalue weighted by molar-refractivity contribution is -0.384. The van der Waals surface area contributed by atoms with Gasteiger partial charge in [0.1, 0.15) is 5.56 Å². The molecule has 0 aliphatic rings. The molecule has 0 aliphatic heterocycles. The van der Waals surface area contributed by atoms with Crippen molar-refractivity contribution in [3.8, 4) is 11.3 Å². The van der Waals surface area contributed by atoms with Crippen LogP contribution in [0.25, 0.3) is 11.3 Å². The van der Waals surface area contributed by atoms with Gasteiger partial charge in [-0.3, -0.25) is 14.8 Å². The van der Waals surface area contributed by atoms with Gasteiger partial charge in [0.05, 0.1) is 48.2 Å². The van der Waals surface area contributed by atoms with Crippen LogP contribution in [0, 0.1) is 10.1 Å². The topological polar surface area (TPSA) is 106 Å². The number of aromatic nitrogens is 2. The van der Waals surface area contributed by atoms with E-state index >= 15 is 0 Å². The number of rotatable bonds is 9. The molecule has 0 atom stereocenters. The van der Waals surface area contributed by atoms with E-state index in [1.165, 1.54) is 31.2 Å². The average Bonchev–Trinajstić information content (AvgIpc) is 3.06. The van der Waals surface area contributed by atoms with Crippen molar-refractivity contribution >= 4 is 27.6 Å². The summed E-state index contributed by atoms with van der Waals surface area (Å²) >= 11 is 3.24. The van der Waals surface area contributed by atoms with E-state index in [0.717, 1.165) is 0 Å². The lowest BCUT2D eigenvalue weighted by Crippen LogP contribution is -2.22. The number of methoxy groups -OCH3 is 2. The van der Waals surface area contributed by atoms with E-state index in [4.69, 9.17) is 14.2 Å². The molecule has 1 aromatic heterocycles. The number of carbonyl (C=O) groups is 1. The molecule has 1 heterocycles. The Morgan fingerprint density at radius 1 is 1.33 bits per heavy atom. The second kappa shape index (κ2) is 9.58. The SMILES string of the molecule is CCOC(=O)c1cnn(C(COC)COC)c1-c1ccc(Br)cc1[N+](=O)[O-]. The molecule has 0 unspecified atom stereocenters. The average molecular weight is 442 g/mol. The van der Waals surface area contributed by atoms with Gasteiger partial charge in [0, 0.05) is 24.8 Å². The zero-order valence-electron chi connectivity index (χ0n) is 15.2. The number of hydrogen-bond acceptors (Lipinski definition) is 7. The van der Waals surface area contributed by atoms with Gasteiger partial charge in [-0.2, -0.15) is 5.10 Å². The van der Waals surface area contributed by atoms with Crippen LogP contribution in [0.1, 0.15) is 23.3 Å². The maximum Gasteiger partial charge on any atom is 0.341 e. The van der Waals surface area contributed by atoms with Gasteiger partial charge in [-0.05, 0) is 19.1 Å². The van der Waals surface area contributed by atoms with E-state index in [2.05, 4.69) is 21.0 Å². The lowest BCUT2D eigenvalue weighted by atomic mass is 10.1. The third-order valence-electron chi connectivity index (χ3n) is 3.77. The first-order valence-corrected chi connectivity index (χ1v) is 8.90. The minimum absolute atomic E-state index is 0.138. The summed E-state index contributed by atoms with van der Waals surface area (Å²) in [5.41, 5.74) is 0.512. The number of nitro benzene ring substituents is 1. The van der Waals surface area contributed by atoms with Crippen LogP contribution in [0.5, 0.6) is 0 Å². The normalized spacial score (nSPS) is 11.0. The summed E-state index contributed by atoms with van der Waals surface area (Å²) in [4.78, 5) is 23.5. The van der Waals surface area contributed by atoms with Crippen molar-refractivity contribution in [1.29, 1.82) is 0 Å². The van der Waals surface area contributed by atoms with E-state index < -0.39 is 10.9 Å². The molecule has 2 aromatic rings. The van der Waals surface area contributed by atoms with Crippen molar-refractivity contribution < 1.29 is 23.9 Å². The molecule has 0 amide bonds. The third kappa shape index (κ3) is 4.71. The highest BCUT2D eigenvalue weighted by atomic mass is 79.9. The summed E-state index contributed by atoms with van der Waals surface area (Å²) in [6, 6.07) is 4.22. The van der Waals surface area contributed by atoms with E-state index in [0.29, 0.717) is 4.47 Å². The maximum atomic E-state index is 12.4. The predicted octanol–water partition coefficient (Wildman–Crippen LogP) is 3.23. The highest BCUT2D eigenvalue weighted by Gasteiger charge is 2.29. The van der Waals surface area contributed by atoms with Gasteiger partial charge < -0.3 is 14.2 Å². The van der Waals surface area contributed by atoms with Crippen molar-refractivity contribution in [1.82, 2.24) is 9.78 Å². The van der Waals surface area contributed by atoms with Gasteiger partial charge in [0.15, 0.2) is 0 Å². The Morgan fingerprint density at radius 3 is 2.56 bits per heavy atom. The monoisotopic (exact) mass is 441 g/mol. The molecule has 0 saturated heterocycles. The van der Waals surface area contributed by atoms with Gasteiger partial charge in [-0.15, -0.1) is 0 Å². The molecule has 146 valence electrons. The fourth-order valence-corrected chi connectivity index (χ4v) is 3.04. The van der Waals surface area contributed by atoms with Crippen LogP contribution < -0.4 is 0 Å². The Balaban J connectivity index is 2.73. The highest BCUT2D eigenvalue weighted by molar-refractivity contribution is 9.10. The Labute approximate surface area is 164 Å². The summed E-state index contributed by atoms with van der Waals surface area (Å²) in [7, 11) is 3.06.